The minimum absolute atomic E-state index is 0.230. The van der Waals surface area contributed by atoms with E-state index in [0.717, 1.165) is 39.8 Å². The van der Waals surface area contributed by atoms with Crippen LogP contribution in [0.3, 0.4) is 0 Å². The SMILES string of the molecule is Cc1cc(C)cc(-c2ccc3c(c2)B2c4c(-c5ccccc5)cccc4N(c4cccc([Si](c5ccccc5)(c5ccccc5)c5ccccc5)c4)c4cc(-n5c6ccc(C)cc6c6cc(C)ccc65)cc(c42)N3c2cccc([Si](c3ccccc3)(c3ccccc3)c3ccccc3)c2)c1. The van der Waals surface area contributed by atoms with Crippen LogP contribution in [0.25, 0.3) is 49.7 Å². The van der Waals surface area contributed by atoms with Gasteiger partial charge in [0.15, 0.2) is 16.1 Å². The topological polar surface area (TPSA) is 11.4 Å². The summed E-state index contributed by atoms with van der Waals surface area (Å²) in [7, 11) is -6.13. The highest BCUT2D eigenvalue weighted by Crippen LogP contribution is 2.48. The Balaban J connectivity index is 0.996. The molecule has 0 N–H and O–H groups in total. The lowest BCUT2D eigenvalue weighted by molar-refractivity contribution is 1.16. The fraction of sp³-hybridized carbons (Fsp3) is 0.0426. The van der Waals surface area contributed by atoms with Crippen LogP contribution >= 0.6 is 0 Å². The maximum atomic E-state index is 2.66. The van der Waals surface area contributed by atoms with Crippen molar-refractivity contribution in [1.82, 2.24) is 4.57 Å². The van der Waals surface area contributed by atoms with Crippen LogP contribution in [0.5, 0.6) is 0 Å². The van der Waals surface area contributed by atoms with E-state index in [-0.39, 0.29) is 6.71 Å². The number of aryl methyl sites for hydroxylation is 4. The molecule has 3 heterocycles. The summed E-state index contributed by atoms with van der Waals surface area (Å²) < 4.78 is 2.56. The van der Waals surface area contributed by atoms with Crippen molar-refractivity contribution in [2.75, 3.05) is 9.80 Å². The second kappa shape index (κ2) is 24.6. The van der Waals surface area contributed by atoms with Crippen LogP contribution in [-0.2, 0) is 0 Å². The number of benzene rings is 15. The van der Waals surface area contributed by atoms with Crippen LogP contribution in [0.1, 0.15) is 22.3 Å². The summed E-state index contributed by atoms with van der Waals surface area (Å²) >= 11 is 0. The minimum atomic E-state index is -3.07. The molecular weight excluding hydrogens is 1240 g/mol. The summed E-state index contributed by atoms with van der Waals surface area (Å²) in [5, 5.41) is 13.1. The van der Waals surface area contributed by atoms with Crippen molar-refractivity contribution < 1.29 is 0 Å². The molecule has 15 aromatic carbocycles. The Morgan fingerprint density at radius 3 is 1.08 bits per heavy atom. The van der Waals surface area contributed by atoms with Crippen molar-refractivity contribution in [3.63, 3.8) is 0 Å². The summed E-state index contributed by atoms with van der Waals surface area (Å²) in [4.78, 5) is 5.33. The molecule has 0 aliphatic carbocycles. The second-order valence-corrected chi connectivity index (χ2v) is 35.0. The molecule has 0 amide bonds. The summed E-state index contributed by atoms with van der Waals surface area (Å²) in [6.45, 7) is 8.67. The molecule has 0 fully saturated rings. The highest BCUT2D eigenvalue weighted by molar-refractivity contribution is 7.20. The van der Waals surface area contributed by atoms with Crippen molar-refractivity contribution in [2.45, 2.75) is 27.7 Å². The third-order valence-electron chi connectivity index (χ3n) is 21.4. The first kappa shape index (κ1) is 60.6. The summed E-state index contributed by atoms with van der Waals surface area (Å²) in [5.74, 6) is 0. The van der Waals surface area contributed by atoms with Gasteiger partial charge in [0.05, 0.1) is 16.7 Å². The Labute approximate surface area is 589 Å². The van der Waals surface area contributed by atoms with E-state index >= 15 is 0 Å². The lowest BCUT2D eigenvalue weighted by atomic mass is 9.32. The van der Waals surface area contributed by atoms with Crippen molar-refractivity contribution in [3.05, 3.63) is 386 Å². The van der Waals surface area contributed by atoms with Crippen LogP contribution in [-0.4, -0.2) is 27.4 Å². The third kappa shape index (κ3) is 9.76. The molecule has 0 radical (unpaired) electrons. The first-order valence-corrected chi connectivity index (χ1v) is 39.0. The molecule has 0 unspecified atom stereocenters. The van der Waals surface area contributed by atoms with Gasteiger partial charge in [0.25, 0.3) is 6.71 Å². The Morgan fingerprint density at radius 1 is 0.240 bits per heavy atom. The first-order valence-electron chi connectivity index (χ1n) is 35.0. The molecule has 0 atom stereocenters. The number of anilines is 6. The Hall–Kier alpha value is -11.8. The van der Waals surface area contributed by atoms with Gasteiger partial charge < -0.3 is 14.4 Å². The number of hydrogen-bond acceptors (Lipinski definition) is 2. The fourth-order valence-electron chi connectivity index (χ4n) is 17.3. The average molecular weight is 1310 g/mol. The molecule has 474 valence electrons. The minimum Gasteiger partial charge on any atom is -0.311 e. The van der Waals surface area contributed by atoms with Gasteiger partial charge in [-0.25, -0.2) is 0 Å². The van der Waals surface area contributed by atoms with Gasteiger partial charge >= 0.3 is 0 Å². The summed E-state index contributed by atoms with van der Waals surface area (Å²) in [5.41, 5.74) is 23.7. The third-order valence-corrected chi connectivity index (χ3v) is 30.9. The zero-order valence-corrected chi connectivity index (χ0v) is 58.6. The van der Waals surface area contributed by atoms with E-state index in [1.807, 2.05) is 0 Å². The van der Waals surface area contributed by atoms with E-state index in [1.165, 1.54) is 124 Å². The molecule has 2 aliphatic heterocycles. The van der Waals surface area contributed by atoms with Crippen LogP contribution in [0.4, 0.5) is 34.1 Å². The normalized spacial score (nSPS) is 12.5. The molecule has 18 rings (SSSR count). The van der Waals surface area contributed by atoms with E-state index in [1.54, 1.807) is 0 Å². The van der Waals surface area contributed by atoms with Gasteiger partial charge in [-0.2, -0.15) is 0 Å². The number of fused-ring (bicyclic) bond motifs is 7. The number of rotatable bonds is 13. The standard InChI is InChI=1S/C94H72BN3Si2/c1-65-49-52-87-84(58-65)85-59-66(2)50-53-88(85)98(87)74-63-91-94-92(64-74)97(73-32-27-46-82(62-73)100(78-39-20-9-21-40-78,79-41-22-10-23-42-79)80-43-24-11-25-44-80)90-48-28-47-83(69-29-12-5-13-30-69)93(90)95(94)86-60-70(71-56-67(3)55-68(4)57-71)51-54-89(86)96(91)72-31-26-45-81(61-72)99(75-33-14-6-15-34-75,76-35-16-7-17-36-76)77-37-18-8-19-38-77/h5-64H,1-4H3. The molecule has 0 saturated carbocycles. The van der Waals surface area contributed by atoms with Crippen LogP contribution in [0.15, 0.2) is 364 Å². The quantitative estimate of drug-likeness (QED) is 0.0842. The molecule has 3 nitrogen and oxygen atoms in total. The molecule has 100 heavy (non-hydrogen) atoms. The van der Waals surface area contributed by atoms with Gasteiger partial charge in [0.2, 0.25) is 0 Å². The van der Waals surface area contributed by atoms with Crippen LogP contribution in [0, 0.1) is 27.7 Å². The Kier molecular flexibility index (Phi) is 14.9. The van der Waals surface area contributed by atoms with Gasteiger partial charge in [-0.15, -0.1) is 0 Å². The summed E-state index contributed by atoms with van der Waals surface area (Å²) in [6, 6.07) is 139. The molecule has 6 heteroatoms. The molecule has 0 spiro atoms. The van der Waals surface area contributed by atoms with Crippen molar-refractivity contribution in [1.29, 1.82) is 0 Å². The van der Waals surface area contributed by atoms with Crippen molar-refractivity contribution >= 4 is 137 Å². The van der Waals surface area contributed by atoms with Gasteiger partial charge in [0.1, 0.15) is 0 Å². The lowest BCUT2D eigenvalue weighted by Gasteiger charge is -2.45. The number of aromatic nitrogens is 1. The Bertz CT molecular complexity index is 5500. The smallest absolute Gasteiger partial charge is 0.252 e. The van der Waals surface area contributed by atoms with Gasteiger partial charge in [0, 0.05) is 44.9 Å². The average Bonchev–Trinajstić information content (AvgIpc) is 0.796. The highest BCUT2D eigenvalue weighted by Gasteiger charge is 2.48. The monoisotopic (exact) mass is 1310 g/mol. The number of nitrogens with zero attached hydrogens (tertiary/aromatic N) is 3. The molecule has 0 bridgehead atoms. The van der Waals surface area contributed by atoms with Gasteiger partial charge in [-0.1, -0.05) is 313 Å². The Morgan fingerprint density at radius 2 is 0.640 bits per heavy atom. The largest absolute Gasteiger partial charge is 0.311 e. The molecule has 16 aromatic rings. The predicted octanol–water partition coefficient (Wildman–Crippen LogP) is 16.2. The van der Waals surface area contributed by atoms with Gasteiger partial charge in [-0.3, -0.25) is 0 Å². The van der Waals surface area contributed by atoms with Crippen molar-refractivity contribution in [3.8, 4) is 27.9 Å². The van der Waals surface area contributed by atoms with Crippen LogP contribution < -0.4 is 67.7 Å². The predicted molar refractivity (Wildman–Crippen MR) is 432 cm³/mol. The van der Waals surface area contributed by atoms with E-state index < -0.39 is 16.1 Å². The zero-order chi connectivity index (χ0) is 67.1. The van der Waals surface area contributed by atoms with E-state index in [2.05, 4.69) is 406 Å². The molecular formula is C94H72BN3Si2. The van der Waals surface area contributed by atoms with Crippen molar-refractivity contribution in [2.24, 2.45) is 0 Å². The fourth-order valence-corrected chi connectivity index (χ4v) is 26.9. The lowest BCUT2D eigenvalue weighted by Crippen LogP contribution is -2.74. The highest BCUT2D eigenvalue weighted by atomic mass is 28.3. The molecule has 2 aliphatic rings. The van der Waals surface area contributed by atoms with E-state index in [9.17, 15) is 0 Å². The summed E-state index contributed by atoms with van der Waals surface area (Å²) in [6.07, 6.45) is 0. The first-order chi connectivity index (χ1) is 49.2. The van der Waals surface area contributed by atoms with E-state index in [4.69, 9.17) is 0 Å². The second-order valence-electron chi connectivity index (χ2n) is 27.4. The zero-order valence-electron chi connectivity index (χ0n) is 56.6. The van der Waals surface area contributed by atoms with E-state index in [0.29, 0.717) is 0 Å². The van der Waals surface area contributed by atoms with Crippen LogP contribution in [0.2, 0.25) is 0 Å². The maximum absolute atomic E-state index is 3.07. The molecule has 1 aromatic heterocycles. The maximum Gasteiger partial charge on any atom is 0.252 e. The number of hydrogen-bond donors (Lipinski definition) is 0. The molecule has 0 saturated heterocycles. The van der Waals surface area contributed by atoms with Gasteiger partial charge in [-0.05, 0) is 181 Å².